The van der Waals surface area contributed by atoms with Gasteiger partial charge in [0.25, 0.3) is 0 Å². The van der Waals surface area contributed by atoms with Crippen molar-refractivity contribution in [2.45, 2.75) is 12.8 Å². The topological polar surface area (TPSA) is 30.5 Å². The number of fused-ring (bicyclic) bond motifs is 1. The summed E-state index contributed by atoms with van der Waals surface area (Å²) in [5.41, 5.74) is 5.01. The first-order chi connectivity index (χ1) is 10.4. The van der Waals surface area contributed by atoms with E-state index in [0.29, 0.717) is 13.2 Å². The standard InChI is InChI=1S/C18H21NO2/c1-20-12-13-21-17-10-3-2-8-15(17)16-9-4-6-14-7-5-11-19-18(14)16/h2-4,6,8-10,19H,5,7,11-13H2,1H3. The van der Waals surface area contributed by atoms with Gasteiger partial charge in [0.15, 0.2) is 0 Å². The van der Waals surface area contributed by atoms with Crippen molar-refractivity contribution in [3.8, 4) is 16.9 Å². The maximum absolute atomic E-state index is 5.87. The molecule has 0 saturated heterocycles. The summed E-state index contributed by atoms with van der Waals surface area (Å²) in [6.07, 6.45) is 2.34. The molecule has 1 aliphatic heterocycles. The average Bonchev–Trinajstić information content (AvgIpc) is 2.55. The third-order valence-corrected chi connectivity index (χ3v) is 3.80. The molecule has 0 aromatic heterocycles. The zero-order valence-electron chi connectivity index (χ0n) is 12.4. The molecule has 2 aromatic rings. The van der Waals surface area contributed by atoms with Crippen molar-refractivity contribution in [1.82, 2.24) is 0 Å². The number of hydrogen-bond acceptors (Lipinski definition) is 3. The molecule has 110 valence electrons. The van der Waals surface area contributed by atoms with Crippen LogP contribution in [0.2, 0.25) is 0 Å². The highest BCUT2D eigenvalue weighted by Crippen LogP contribution is 2.38. The van der Waals surface area contributed by atoms with Gasteiger partial charge in [-0.15, -0.1) is 0 Å². The number of benzene rings is 2. The van der Waals surface area contributed by atoms with E-state index >= 15 is 0 Å². The van der Waals surface area contributed by atoms with Gasteiger partial charge in [0.2, 0.25) is 0 Å². The minimum absolute atomic E-state index is 0.565. The van der Waals surface area contributed by atoms with Crippen LogP contribution in [0.5, 0.6) is 5.75 Å². The van der Waals surface area contributed by atoms with Gasteiger partial charge >= 0.3 is 0 Å². The smallest absolute Gasteiger partial charge is 0.127 e. The first-order valence-corrected chi connectivity index (χ1v) is 7.47. The second-order valence-electron chi connectivity index (χ2n) is 5.21. The quantitative estimate of drug-likeness (QED) is 0.848. The number of hydrogen-bond donors (Lipinski definition) is 1. The molecule has 0 fully saturated rings. The van der Waals surface area contributed by atoms with Gasteiger partial charge in [0.1, 0.15) is 12.4 Å². The molecule has 0 aliphatic carbocycles. The summed E-state index contributed by atoms with van der Waals surface area (Å²) in [4.78, 5) is 0. The summed E-state index contributed by atoms with van der Waals surface area (Å²) >= 11 is 0. The fourth-order valence-corrected chi connectivity index (χ4v) is 2.78. The molecule has 3 heteroatoms. The van der Waals surface area contributed by atoms with Crippen molar-refractivity contribution < 1.29 is 9.47 Å². The number of nitrogens with one attached hydrogen (secondary N) is 1. The molecular weight excluding hydrogens is 262 g/mol. The maximum atomic E-state index is 5.87. The largest absolute Gasteiger partial charge is 0.491 e. The molecule has 0 spiro atoms. The van der Waals surface area contributed by atoms with E-state index in [9.17, 15) is 0 Å². The first-order valence-electron chi connectivity index (χ1n) is 7.47. The Labute approximate surface area is 125 Å². The van der Waals surface area contributed by atoms with E-state index in [-0.39, 0.29) is 0 Å². The lowest BCUT2D eigenvalue weighted by molar-refractivity contribution is 0.146. The van der Waals surface area contributed by atoms with Crippen LogP contribution in [0.1, 0.15) is 12.0 Å². The lowest BCUT2D eigenvalue weighted by Gasteiger charge is -2.22. The lowest BCUT2D eigenvalue weighted by Crippen LogP contribution is -2.13. The van der Waals surface area contributed by atoms with Crippen molar-refractivity contribution in [3.05, 3.63) is 48.0 Å². The molecule has 1 aliphatic rings. The molecule has 3 rings (SSSR count). The summed E-state index contributed by atoms with van der Waals surface area (Å²) in [6.45, 7) is 2.20. The Morgan fingerprint density at radius 1 is 1.00 bits per heavy atom. The number of aryl methyl sites for hydroxylation is 1. The van der Waals surface area contributed by atoms with Crippen molar-refractivity contribution in [2.75, 3.05) is 32.2 Å². The Hall–Kier alpha value is -2.00. The third kappa shape index (κ3) is 3.03. The minimum atomic E-state index is 0.565. The average molecular weight is 283 g/mol. The van der Waals surface area contributed by atoms with Gasteiger partial charge in [0, 0.05) is 30.5 Å². The molecule has 0 atom stereocenters. The molecule has 0 bridgehead atoms. The van der Waals surface area contributed by atoms with E-state index in [1.165, 1.54) is 23.2 Å². The van der Waals surface area contributed by atoms with Crippen molar-refractivity contribution in [2.24, 2.45) is 0 Å². The Kier molecular flexibility index (Phi) is 4.41. The molecular formula is C18H21NO2. The van der Waals surface area contributed by atoms with Crippen LogP contribution in [0.25, 0.3) is 11.1 Å². The van der Waals surface area contributed by atoms with Gasteiger partial charge in [-0.1, -0.05) is 36.4 Å². The van der Waals surface area contributed by atoms with Crippen LogP contribution in [0.4, 0.5) is 5.69 Å². The van der Waals surface area contributed by atoms with Crippen LogP contribution >= 0.6 is 0 Å². The number of ether oxygens (including phenoxy) is 2. The highest BCUT2D eigenvalue weighted by atomic mass is 16.5. The van der Waals surface area contributed by atoms with E-state index in [0.717, 1.165) is 24.3 Å². The third-order valence-electron chi connectivity index (χ3n) is 3.80. The summed E-state index contributed by atoms with van der Waals surface area (Å²) in [5, 5.41) is 3.54. The van der Waals surface area contributed by atoms with E-state index in [1.54, 1.807) is 7.11 Å². The van der Waals surface area contributed by atoms with Gasteiger partial charge in [0.05, 0.1) is 6.61 Å². The SMILES string of the molecule is COCCOc1ccccc1-c1cccc2c1NCCC2. The molecule has 0 unspecified atom stereocenters. The van der Waals surface area contributed by atoms with Crippen LogP contribution in [0.15, 0.2) is 42.5 Å². The van der Waals surface area contributed by atoms with E-state index in [2.05, 4.69) is 35.6 Å². The second-order valence-corrected chi connectivity index (χ2v) is 5.21. The Bertz CT molecular complexity index is 610. The predicted molar refractivity (Wildman–Crippen MR) is 86.1 cm³/mol. The number of rotatable bonds is 5. The van der Waals surface area contributed by atoms with E-state index < -0.39 is 0 Å². The summed E-state index contributed by atoms with van der Waals surface area (Å²) in [5.74, 6) is 0.912. The van der Waals surface area contributed by atoms with Crippen LogP contribution in [0.3, 0.4) is 0 Å². The molecule has 0 amide bonds. The van der Waals surface area contributed by atoms with Crippen LogP contribution in [0, 0.1) is 0 Å². The van der Waals surface area contributed by atoms with Crippen molar-refractivity contribution >= 4 is 5.69 Å². The van der Waals surface area contributed by atoms with Gasteiger partial charge in [-0.3, -0.25) is 0 Å². The van der Waals surface area contributed by atoms with Gasteiger partial charge in [-0.2, -0.15) is 0 Å². The van der Waals surface area contributed by atoms with Gasteiger partial charge in [-0.05, 0) is 24.5 Å². The molecule has 0 radical (unpaired) electrons. The summed E-state index contributed by atoms with van der Waals surface area (Å²) in [6, 6.07) is 14.7. The minimum Gasteiger partial charge on any atom is -0.491 e. The predicted octanol–water partition coefficient (Wildman–Crippen LogP) is 3.74. The van der Waals surface area contributed by atoms with E-state index in [1.807, 2.05) is 12.1 Å². The second kappa shape index (κ2) is 6.64. The molecule has 2 aromatic carbocycles. The van der Waals surface area contributed by atoms with Crippen LogP contribution < -0.4 is 10.1 Å². The van der Waals surface area contributed by atoms with Crippen molar-refractivity contribution in [1.29, 1.82) is 0 Å². The number of methoxy groups -OCH3 is 1. The van der Waals surface area contributed by atoms with Crippen LogP contribution in [-0.4, -0.2) is 26.9 Å². The highest BCUT2D eigenvalue weighted by Gasteiger charge is 2.15. The van der Waals surface area contributed by atoms with Gasteiger partial charge in [-0.25, -0.2) is 0 Å². The van der Waals surface area contributed by atoms with Crippen LogP contribution in [-0.2, 0) is 11.2 Å². The fraction of sp³-hybridized carbons (Fsp3) is 0.333. The summed E-state index contributed by atoms with van der Waals surface area (Å²) in [7, 11) is 1.69. The fourth-order valence-electron chi connectivity index (χ4n) is 2.78. The highest BCUT2D eigenvalue weighted by molar-refractivity contribution is 5.84. The molecule has 0 saturated carbocycles. The molecule has 1 heterocycles. The number of para-hydroxylation sites is 2. The first kappa shape index (κ1) is 14.0. The van der Waals surface area contributed by atoms with Crippen molar-refractivity contribution in [3.63, 3.8) is 0 Å². The van der Waals surface area contributed by atoms with E-state index in [4.69, 9.17) is 9.47 Å². The number of anilines is 1. The zero-order valence-corrected chi connectivity index (χ0v) is 12.4. The molecule has 21 heavy (non-hydrogen) atoms. The lowest BCUT2D eigenvalue weighted by atomic mass is 9.95. The monoisotopic (exact) mass is 283 g/mol. The Balaban J connectivity index is 1.97. The molecule has 3 nitrogen and oxygen atoms in total. The Morgan fingerprint density at radius 2 is 1.86 bits per heavy atom. The van der Waals surface area contributed by atoms with Gasteiger partial charge < -0.3 is 14.8 Å². The zero-order chi connectivity index (χ0) is 14.5. The Morgan fingerprint density at radius 3 is 2.76 bits per heavy atom. The molecule has 1 N–H and O–H groups in total. The normalized spacial score (nSPS) is 13.4. The maximum Gasteiger partial charge on any atom is 0.127 e. The summed E-state index contributed by atoms with van der Waals surface area (Å²) < 4.78 is 10.9.